The van der Waals surface area contributed by atoms with E-state index in [1.54, 1.807) is 0 Å². The Kier molecular flexibility index (Phi) is 6.80. The molecule has 0 radical (unpaired) electrons. The Balaban J connectivity index is 2.29. The molecule has 2 rings (SSSR count). The van der Waals surface area contributed by atoms with E-state index in [4.69, 9.17) is 14.5 Å². The Labute approximate surface area is 151 Å². The van der Waals surface area contributed by atoms with Gasteiger partial charge in [-0.3, -0.25) is 4.79 Å². The minimum absolute atomic E-state index is 0.128. The molecule has 142 valence electrons. The lowest BCUT2D eigenvalue weighted by atomic mass is 9.63. The summed E-state index contributed by atoms with van der Waals surface area (Å²) in [6.07, 6.45) is 8.73. The van der Waals surface area contributed by atoms with Crippen molar-refractivity contribution in [3.63, 3.8) is 0 Å². The Bertz CT molecular complexity index is 511. The lowest BCUT2D eigenvalue weighted by Crippen LogP contribution is -2.40. The van der Waals surface area contributed by atoms with Gasteiger partial charge in [0.15, 0.2) is 5.78 Å². The molecule has 0 N–H and O–H groups in total. The van der Waals surface area contributed by atoms with Gasteiger partial charge in [0.05, 0.1) is 18.8 Å². The summed E-state index contributed by atoms with van der Waals surface area (Å²) in [5, 5.41) is 0. The predicted octanol–water partition coefficient (Wildman–Crippen LogP) is 4.15. The zero-order chi connectivity index (χ0) is 18.5. The molecule has 0 aliphatic heterocycles. The topological polar surface area (TPSA) is 61.8 Å². The third-order valence-electron chi connectivity index (χ3n) is 5.12. The van der Waals surface area contributed by atoms with Gasteiger partial charge in [0, 0.05) is 11.8 Å². The molecule has 5 nitrogen and oxygen atoms in total. The van der Waals surface area contributed by atoms with Crippen molar-refractivity contribution in [2.24, 2.45) is 11.3 Å². The van der Waals surface area contributed by atoms with Crippen LogP contribution in [0.2, 0.25) is 0 Å². The van der Waals surface area contributed by atoms with Crippen molar-refractivity contribution in [3.05, 3.63) is 11.6 Å². The molecule has 0 heterocycles. The molecule has 0 amide bonds. The van der Waals surface area contributed by atoms with Crippen LogP contribution in [0.5, 0.6) is 0 Å². The molecule has 2 aliphatic rings. The van der Waals surface area contributed by atoms with Crippen LogP contribution in [0.3, 0.4) is 0 Å². The molecule has 0 spiro atoms. The van der Waals surface area contributed by atoms with Gasteiger partial charge in [-0.05, 0) is 52.9 Å². The first kappa shape index (κ1) is 20.1. The van der Waals surface area contributed by atoms with Crippen LogP contribution in [0.25, 0.3) is 0 Å². The molecular weight excluding hydrogens is 320 g/mol. The van der Waals surface area contributed by atoms with Gasteiger partial charge in [-0.1, -0.05) is 25.3 Å². The highest BCUT2D eigenvalue weighted by atomic mass is 17.2. The summed E-state index contributed by atoms with van der Waals surface area (Å²) in [7, 11) is 0. The van der Waals surface area contributed by atoms with E-state index < -0.39 is 11.6 Å². The van der Waals surface area contributed by atoms with E-state index in [0.717, 1.165) is 12.8 Å². The van der Waals surface area contributed by atoms with Crippen molar-refractivity contribution >= 4 is 11.8 Å². The minimum atomic E-state index is -0.620. The molecule has 1 saturated carbocycles. The summed E-state index contributed by atoms with van der Waals surface area (Å²) < 4.78 is 5.45. The molecular formula is C20H32O5. The van der Waals surface area contributed by atoms with Gasteiger partial charge in [-0.2, -0.15) is 0 Å². The molecule has 0 bridgehead atoms. The summed E-state index contributed by atoms with van der Waals surface area (Å²) in [4.78, 5) is 35.5. The van der Waals surface area contributed by atoms with Crippen molar-refractivity contribution in [3.8, 4) is 0 Å². The molecule has 1 fully saturated rings. The molecule has 0 aromatic carbocycles. The average Bonchev–Trinajstić information content (AvgIpc) is 2.56. The monoisotopic (exact) mass is 352 g/mol. The van der Waals surface area contributed by atoms with Gasteiger partial charge >= 0.3 is 5.97 Å². The van der Waals surface area contributed by atoms with Crippen LogP contribution in [0.4, 0.5) is 0 Å². The molecule has 1 atom stereocenters. The second-order valence-electron chi connectivity index (χ2n) is 8.22. The SMILES string of the molecule is CCOOC[C@@]1(C2CCCCC2)C=C(C(=O)OC(C)(C)C)C(=O)CC1. The van der Waals surface area contributed by atoms with Gasteiger partial charge in [0.1, 0.15) is 5.60 Å². The van der Waals surface area contributed by atoms with E-state index in [2.05, 4.69) is 0 Å². The van der Waals surface area contributed by atoms with Crippen LogP contribution in [-0.4, -0.2) is 30.6 Å². The first-order valence-electron chi connectivity index (χ1n) is 9.51. The molecule has 0 unspecified atom stereocenters. The third kappa shape index (κ3) is 5.38. The van der Waals surface area contributed by atoms with E-state index in [1.165, 1.54) is 19.3 Å². The number of ketones is 1. The number of hydrogen-bond donors (Lipinski definition) is 0. The van der Waals surface area contributed by atoms with Crippen molar-refractivity contribution in [2.75, 3.05) is 13.2 Å². The molecule has 0 saturated heterocycles. The number of ether oxygens (including phenoxy) is 1. The number of carbonyl (C=O) groups is 2. The van der Waals surface area contributed by atoms with Crippen molar-refractivity contribution in [1.82, 2.24) is 0 Å². The summed E-state index contributed by atoms with van der Waals surface area (Å²) in [5.74, 6) is -0.238. The normalized spacial score (nSPS) is 25.6. The van der Waals surface area contributed by atoms with Crippen molar-refractivity contribution < 1.29 is 24.1 Å². The average molecular weight is 352 g/mol. The van der Waals surface area contributed by atoms with E-state index in [1.807, 2.05) is 33.8 Å². The van der Waals surface area contributed by atoms with E-state index in [-0.39, 0.29) is 16.8 Å². The highest BCUT2D eigenvalue weighted by Gasteiger charge is 2.43. The zero-order valence-corrected chi connectivity index (χ0v) is 16.1. The number of carbonyl (C=O) groups excluding carboxylic acids is 2. The quantitative estimate of drug-likeness (QED) is 0.236. The smallest absolute Gasteiger partial charge is 0.341 e. The maximum absolute atomic E-state index is 12.5. The minimum Gasteiger partial charge on any atom is -0.456 e. The van der Waals surface area contributed by atoms with Crippen molar-refractivity contribution in [2.45, 2.75) is 78.2 Å². The van der Waals surface area contributed by atoms with E-state index in [9.17, 15) is 9.59 Å². The van der Waals surface area contributed by atoms with Crippen LogP contribution in [-0.2, 0) is 24.1 Å². The number of hydrogen-bond acceptors (Lipinski definition) is 5. The fourth-order valence-electron chi connectivity index (χ4n) is 3.89. The second kappa shape index (κ2) is 8.45. The Morgan fingerprint density at radius 2 is 1.88 bits per heavy atom. The highest BCUT2D eigenvalue weighted by Crippen LogP contribution is 2.46. The van der Waals surface area contributed by atoms with Gasteiger partial charge < -0.3 is 4.74 Å². The Morgan fingerprint density at radius 1 is 1.20 bits per heavy atom. The van der Waals surface area contributed by atoms with Gasteiger partial charge in [-0.25, -0.2) is 14.6 Å². The molecule has 5 heteroatoms. The first-order chi connectivity index (χ1) is 11.8. The highest BCUT2D eigenvalue weighted by molar-refractivity contribution is 6.18. The maximum atomic E-state index is 12.5. The molecule has 0 aromatic rings. The lowest BCUT2D eigenvalue weighted by Gasteiger charge is -2.42. The number of Topliss-reactive ketones (excluding diaryl/α,β-unsaturated/α-hetero) is 1. The van der Waals surface area contributed by atoms with Crippen LogP contribution < -0.4 is 0 Å². The van der Waals surface area contributed by atoms with Gasteiger partial charge in [-0.15, -0.1) is 0 Å². The fourth-order valence-corrected chi connectivity index (χ4v) is 3.89. The van der Waals surface area contributed by atoms with Crippen LogP contribution >= 0.6 is 0 Å². The summed E-state index contributed by atoms with van der Waals surface area (Å²) in [6.45, 7) is 8.16. The first-order valence-corrected chi connectivity index (χ1v) is 9.51. The van der Waals surface area contributed by atoms with Crippen LogP contribution in [0.1, 0.15) is 72.6 Å². The Morgan fingerprint density at radius 3 is 2.48 bits per heavy atom. The van der Waals surface area contributed by atoms with Crippen LogP contribution in [0, 0.1) is 11.3 Å². The summed E-state index contributed by atoms with van der Waals surface area (Å²) in [5.41, 5.74) is -0.757. The molecule has 0 aromatic heterocycles. The Hall–Kier alpha value is -1.20. The van der Waals surface area contributed by atoms with Crippen molar-refractivity contribution in [1.29, 1.82) is 0 Å². The molecule has 2 aliphatic carbocycles. The lowest BCUT2D eigenvalue weighted by molar-refractivity contribution is -0.308. The van der Waals surface area contributed by atoms with Gasteiger partial charge in [0.2, 0.25) is 0 Å². The second-order valence-corrected chi connectivity index (χ2v) is 8.22. The summed E-state index contributed by atoms with van der Waals surface area (Å²) in [6, 6.07) is 0. The van der Waals surface area contributed by atoms with E-state index in [0.29, 0.717) is 32.0 Å². The largest absolute Gasteiger partial charge is 0.456 e. The number of esters is 1. The predicted molar refractivity (Wildman–Crippen MR) is 94.8 cm³/mol. The van der Waals surface area contributed by atoms with Crippen LogP contribution in [0.15, 0.2) is 11.6 Å². The third-order valence-corrected chi connectivity index (χ3v) is 5.12. The standard InChI is InChI=1S/C20H32O5/c1-5-23-24-14-20(15-9-7-6-8-10-15)12-11-17(21)16(13-20)18(22)25-19(2,3)4/h13,15H,5-12,14H2,1-4H3/t20-/m0/s1. The molecule has 25 heavy (non-hydrogen) atoms. The number of rotatable bonds is 6. The van der Waals surface area contributed by atoms with Gasteiger partial charge in [0.25, 0.3) is 0 Å². The summed E-state index contributed by atoms with van der Waals surface area (Å²) >= 11 is 0. The van der Waals surface area contributed by atoms with E-state index >= 15 is 0 Å². The zero-order valence-electron chi connectivity index (χ0n) is 16.1. The maximum Gasteiger partial charge on any atom is 0.341 e. The fraction of sp³-hybridized carbons (Fsp3) is 0.800.